The molecule has 9 atom stereocenters. The summed E-state index contributed by atoms with van der Waals surface area (Å²) in [6.45, 7) is 13.9. The number of allylic oxidation sites excluding steroid dienone is 3. The van der Waals surface area contributed by atoms with E-state index in [1.807, 2.05) is 52.0 Å². The molecule has 2 fully saturated rings. The van der Waals surface area contributed by atoms with Gasteiger partial charge in [0.2, 0.25) is 17.7 Å². The molecule has 0 aromatic heterocycles. The van der Waals surface area contributed by atoms with Crippen LogP contribution in [0.1, 0.15) is 91.7 Å². The standard InChI is InChI=1S/C48H66ClN5O14S3/c1-27-12-11-13-29(3)48(62)26-34(66-45(61)51-48)30(4)42-47(8,68-42)36(25-40(58)53(10)33-24-32(22-27)23-28(2)41(33)49)67-44(60)31(5)52(9)37(55)16-18-46(6,7)70-69-21-17-35(71(63,64)65)43(59)50-19-20-54-38(56)14-15-39(54)57/h11-15,23-24,29-31,34-36,42,62H,16-22,25-26H2,1-10H3,(H,50,59)(H,51,61)(H,63,64,65)/b13-11+,27-12+/t29-,30-,31+,34+,35?,36+,42+,47+,48+/m1/s1. The van der Waals surface area contributed by atoms with Gasteiger partial charge in [-0.3, -0.25) is 38.7 Å². The lowest BCUT2D eigenvalue weighted by atomic mass is 9.82. The Hall–Kier alpha value is -4.45. The Morgan fingerprint density at radius 2 is 1.79 bits per heavy atom. The molecule has 71 heavy (non-hydrogen) atoms. The first-order valence-corrected chi connectivity index (χ1v) is 27.5. The molecular weight excluding hydrogens is 1000 g/mol. The zero-order valence-corrected chi connectivity index (χ0v) is 44.9. The van der Waals surface area contributed by atoms with Crippen molar-refractivity contribution < 1.29 is 65.8 Å². The van der Waals surface area contributed by atoms with E-state index in [0.717, 1.165) is 33.8 Å². The van der Waals surface area contributed by atoms with Crippen LogP contribution >= 0.6 is 33.2 Å². The van der Waals surface area contributed by atoms with Crippen LogP contribution in [-0.4, -0.2) is 148 Å². The summed E-state index contributed by atoms with van der Waals surface area (Å²) in [4.78, 5) is 94.7. The first-order valence-electron chi connectivity index (χ1n) is 23.3. The molecule has 19 nitrogen and oxygen atoms in total. The number of aliphatic hydroxyl groups is 1. The molecule has 6 amide bonds. The number of benzene rings is 1. The van der Waals surface area contributed by atoms with Gasteiger partial charge in [-0.05, 0) is 78.0 Å². The predicted molar refractivity (Wildman–Crippen MR) is 270 cm³/mol. The summed E-state index contributed by atoms with van der Waals surface area (Å²) in [6.07, 6.45) is 4.45. The van der Waals surface area contributed by atoms with E-state index < -0.39 is 103 Å². The Morgan fingerprint density at radius 3 is 2.44 bits per heavy atom. The minimum atomic E-state index is -4.80. The van der Waals surface area contributed by atoms with Gasteiger partial charge in [-0.1, -0.05) is 76.9 Å². The van der Waals surface area contributed by atoms with E-state index in [1.54, 1.807) is 33.9 Å². The number of aryl methyl sites for hydroxylation is 1. The van der Waals surface area contributed by atoms with Gasteiger partial charge in [0.1, 0.15) is 29.6 Å². The first kappa shape index (κ1) is 57.5. The number of imide groups is 1. The second kappa shape index (κ2) is 23.2. The summed E-state index contributed by atoms with van der Waals surface area (Å²) in [5, 5.41) is 15.3. The van der Waals surface area contributed by atoms with Gasteiger partial charge in [0.25, 0.3) is 21.9 Å². The molecule has 1 unspecified atom stereocenters. The van der Waals surface area contributed by atoms with Gasteiger partial charge >= 0.3 is 12.1 Å². The van der Waals surface area contributed by atoms with E-state index in [2.05, 4.69) is 10.6 Å². The van der Waals surface area contributed by atoms with Crippen LogP contribution in [0, 0.1) is 18.8 Å². The fourth-order valence-electron chi connectivity index (χ4n) is 8.61. The molecule has 0 aliphatic carbocycles. The lowest BCUT2D eigenvalue weighted by Crippen LogP contribution is -2.60. The van der Waals surface area contributed by atoms with Gasteiger partial charge in [0.15, 0.2) is 5.25 Å². The highest BCUT2D eigenvalue weighted by Crippen LogP contribution is 2.49. The topological polar surface area (TPSA) is 259 Å². The number of carbonyl (C=O) groups excluding carboxylic acids is 7. The van der Waals surface area contributed by atoms with E-state index in [4.69, 9.17) is 25.8 Å². The number of rotatable bonds is 16. The maximum absolute atomic E-state index is 14.3. The number of hydrogen-bond acceptors (Lipinski definition) is 15. The number of ether oxygens (including phenoxy) is 3. The first-order chi connectivity index (χ1) is 33.0. The number of carbonyl (C=O) groups is 7. The maximum atomic E-state index is 14.3. The lowest BCUT2D eigenvalue weighted by molar-refractivity contribution is -0.162. The number of halogens is 1. The number of esters is 1. The fraction of sp³-hybridized carbons (Fsp3) is 0.604. The van der Waals surface area contributed by atoms with Crippen LogP contribution in [0.15, 0.2) is 48.1 Å². The SMILES string of the molecule is C/C1=C\C=C\[C@@H](C)[C@@]2(O)C[C@H](OC(=O)N2)[C@@H](C)[C@@H]2O[C@@]2(C)[C@@H](OC(=O)[C@H](C)N(C)C(=O)CCC(C)(C)SSCCC(C(=O)NCCN2C(=O)C=CC2=O)S(=O)(=O)O)CC(=O)N(C)c2cc(cc(C)c2Cl)C1. The third kappa shape index (κ3) is 14.4. The normalized spacial score (nSPS) is 28.2. The molecule has 0 spiro atoms. The summed E-state index contributed by atoms with van der Waals surface area (Å²) < 4.78 is 51.6. The van der Waals surface area contributed by atoms with Crippen molar-refractivity contribution in [2.24, 2.45) is 11.8 Å². The van der Waals surface area contributed by atoms with Crippen molar-refractivity contribution in [1.82, 2.24) is 20.4 Å². The third-order valence-electron chi connectivity index (χ3n) is 13.5. The van der Waals surface area contributed by atoms with E-state index in [1.165, 1.54) is 45.4 Å². The van der Waals surface area contributed by atoms with Crippen LogP contribution < -0.4 is 15.5 Å². The van der Waals surface area contributed by atoms with Crippen LogP contribution in [0.5, 0.6) is 0 Å². The molecule has 4 aliphatic rings. The Bertz CT molecular complexity index is 2450. The van der Waals surface area contributed by atoms with Crippen LogP contribution in [0.25, 0.3) is 0 Å². The average Bonchev–Trinajstić information content (AvgIpc) is 3.88. The molecule has 4 heterocycles. The molecule has 2 saturated heterocycles. The monoisotopic (exact) mass is 1070 g/mol. The van der Waals surface area contributed by atoms with Gasteiger partial charge < -0.3 is 34.4 Å². The minimum Gasteiger partial charge on any atom is -0.457 e. The van der Waals surface area contributed by atoms with Crippen molar-refractivity contribution in [1.29, 1.82) is 0 Å². The number of nitrogens with one attached hydrogen (secondary N) is 2. The molecule has 4 aliphatic heterocycles. The average molecular weight is 1070 g/mol. The lowest BCUT2D eigenvalue weighted by Gasteiger charge is -2.41. The second-order valence-corrected chi connectivity index (χ2v) is 24.7. The van der Waals surface area contributed by atoms with Gasteiger partial charge in [-0.15, -0.1) is 0 Å². The van der Waals surface area contributed by atoms with Crippen molar-refractivity contribution in [3.63, 3.8) is 0 Å². The van der Waals surface area contributed by atoms with Crippen LogP contribution in [0.4, 0.5) is 10.5 Å². The molecule has 1 aromatic rings. The number of alkyl carbamates (subject to hydrolysis) is 1. The van der Waals surface area contributed by atoms with E-state index in [-0.39, 0.29) is 50.4 Å². The highest BCUT2D eigenvalue weighted by molar-refractivity contribution is 8.77. The molecular formula is C48H66ClN5O14S3. The number of epoxide rings is 1. The van der Waals surface area contributed by atoms with Gasteiger partial charge in [0.05, 0.1) is 23.2 Å². The van der Waals surface area contributed by atoms with Crippen LogP contribution in [0.3, 0.4) is 0 Å². The molecule has 23 heteroatoms. The smallest absolute Gasteiger partial charge is 0.409 e. The molecule has 1 aromatic carbocycles. The minimum absolute atomic E-state index is 0.000321. The third-order valence-corrected chi connectivity index (χ3v) is 18.6. The number of hydrogen-bond donors (Lipinski definition) is 4. The Kier molecular flexibility index (Phi) is 18.8. The van der Waals surface area contributed by atoms with E-state index in [0.29, 0.717) is 23.6 Å². The van der Waals surface area contributed by atoms with Gasteiger partial charge in [0, 0.05) is 74.5 Å². The Balaban J connectivity index is 1.24. The van der Waals surface area contributed by atoms with Crippen LogP contribution in [0.2, 0.25) is 5.02 Å². The van der Waals surface area contributed by atoms with E-state index in [9.17, 15) is 51.6 Å². The predicted octanol–water partition coefficient (Wildman–Crippen LogP) is 5.06. The largest absolute Gasteiger partial charge is 0.457 e. The summed E-state index contributed by atoms with van der Waals surface area (Å²) in [6, 6.07) is 2.66. The molecule has 0 saturated carbocycles. The van der Waals surface area contributed by atoms with E-state index >= 15 is 0 Å². The molecule has 5 rings (SSSR count). The summed E-state index contributed by atoms with van der Waals surface area (Å²) in [5.74, 6) is -4.68. The van der Waals surface area contributed by atoms with Crippen molar-refractivity contribution >= 4 is 90.6 Å². The summed E-state index contributed by atoms with van der Waals surface area (Å²) in [5.41, 5.74) is 0.148. The highest BCUT2D eigenvalue weighted by atomic mass is 35.5. The summed E-state index contributed by atoms with van der Waals surface area (Å²) in [7, 11) is 0.828. The summed E-state index contributed by atoms with van der Waals surface area (Å²) >= 11 is 6.81. The molecule has 4 bridgehead atoms. The zero-order valence-electron chi connectivity index (χ0n) is 41.7. The Morgan fingerprint density at radius 1 is 1.13 bits per heavy atom. The molecule has 392 valence electrons. The highest BCUT2D eigenvalue weighted by Gasteiger charge is 2.64. The van der Waals surface area contributed by atoms with Gasteiger partial charge in [-0.25, -0.2) is 9.59 Å². The fourth-order valence-corrected chi connectivity index (χ4v) is 12.4. The van der Waals surface area contributed by atoms with Crippen LogP contribution in [-0.2, 0) is 59.5 Å². The van der Waals surface area contributed by atoms with Crippen molar-refractivity contribution in [2.75, 3.05) is 37.8 Å². The second-order valence-electron chi connectivity index (χ2n) is 19.6. The Labute approximate surface area is 428 Å². The molecule has 0 radical (unpaired) electrons. The number of nitrogens with zero attached hydrogens (tertiary/aromatic N) is 3. The van der Waals surface area contributed by atoms with Crippen molar-refractivity contribution in [3.8, 4) is 0 Å². The number of likely N-dealkylation sites (N-methyl/N-ethyl adjacent to an activating group) is 1. The molecule has 4 N–H and O–H groups in total. The van der Waals surface area contributed by atoms with Crippen molar-refractivity contribution in [2.45, 2.75) is 140 Å². The number of anilines is 1. The van der Waals surface area contributed by atoms with Gasteiger partial charge in [-0.2, -0.15) is 8.42 Å². The maximum Gasteiger partial charge on any atom is 0.409 e. The quantitative estimate of drug-likeness (QED) is 0.0421. The van der Waals surface area contributed by atoms with Crippen molar-refractivity contribution in [3.05, 3.63) is 64.2 Å². The zero-order chi connectivity index (χ0) is 53.0. The number of fused-ring (bicyclic) bond motifs is 5. The number of amides is 6.